The largest absolute Gasteiger partial charge is 0.0841 e. The topological polar surface area (TPSA) is 0 Å². The van der Waals surface area contributed by atoms with Crippen molar-refractivity contribution in [2.24, 2.45) is 5.92 Å². The van der Waals surface area contributed by atoms with Gasteiger partial charge >= 0.3 is 0 Å². The molecule has 24 heavy (non-hydrogen) atoms. The van der Waals surface area contributed by atoms with E-state index in [0.717, 1.165) is 6.42 Å². The molecule has 0 bridgehead atoms. The van der Waals surface area contributed by atoms with E-state index in [0.29, 0.717) is 16.2 Å². The second-order valence-electron chi connectivity index (χ2n) is 9.33. The summed E-state index contributed by atoms with van der Waals surface area (Å²) in [6.07, 6.45) is 8.22. The molecule has 0 saturated heterocycles. The lowest BCUT2D eigenvalue weighted by molar-refractivity contribution is 0.492. The average molecular weight is 343 g/mol. The Morgan fingerprint density at radius 2 is 1.46 bits per heavy atom. The lowest BCUT2D eigenvalue weighted by Crippen LogP contribution is -2.45. The molecule has 132 valence electrons. The van der Waals surface area contributed by atoms with Crippen LogP contribution in [0.15, 0.2) is 48.6 Å². The summed E-state index contributed by atoms with van der Waals surface area (Å²) < 4.78 is 0. The molecule has 0 spiro atoms. The van der Waals surface area contributed by atoms with E-state index in [1.165, 1.54) is 5.56 Å². The average Bonchev–Trinajstić information content (AvgIpc) is 2.45. The minimum absolute atomic E-state index is 0.224. The van der Waals surface area contributed by atoms with E-state index in [4.69, 9.17) is 0 Å². The minimum Gasteiger partial charge on any atom is -0.0841 e. The van der Waals surface area contributed by atoms with Crippen molar-refractivity contribution in [3.8, 4) is 0 Å². The van der Waals surface area contributed by atoms with Crippen LogP contribution >= 0.6 is 7.92 Å². The summed E-state index contributed by atoms with van der Waals surface area (Å²) in [4.78, 5) is 0. The van der Waals surface area contributed by atoms with Crippen LogP contribution in [-0.2, 0) is 0 Å². The molecule has 1 heteroatoms. The summed E-state index contributed by atoms with van der Waals surface area (Å²) in [6.45, 7) is 19.6. The predicted molar refractivity (Wildman–Crippen MR) is 112 cm³/mol. The number of hydrogen-bond donors (Lipinski definition) is 0. The molecule has 1 aliphatic carbocycles. The first-order valence-electron chi connectivity index (χ1n) is 9.24. The molecule has 0 N–H and O–H groups in total. The maximum Gasteiger partial charge on any atom is 0.0227 e. The van der Waals surface area contributed by atoms with Gasteiger partial charge in [0.05, 0.1) is 0 Å². The molecular weight excluding hydrogens is 307 g/mol. The van der Waals surface area contributed by atoms with Crippen molar-refractivity contribution in [3.05, 3.63) is 54.1 Å². The Kier molecular flexibility index (Phi) is 5.51. The quantitative estimate of drug-likeness (QED) is 0.499. The Bertz CT molecular complexity index is 594. The maximum atomic E-state index is 2.45. The van der Waals surface area contributed by atoms with Crippen molar-refractivity contribution in [2.45, 2.75) is 77.3 Å². The third kappa shape index (κ3) is 3.55. The number of allylic oxidation sites excluding steroid dienone is 4. The predicted octanol–water partition coefficient (Wildman–Crippen LogP) is 7.50. The van der Waals surface area contributed by atoms with E-state index in [1.807, 2.05) is 0 Å². The number of benzene rings is 1. The first kappa shape index (κ1) is 19.5. The summed E-state index contributed by atoms with van der Waals surface area (Å²) >= 11 is 0. The molecule has 0 fully saturated rings. The van der Waals surface area contributed by atoms with Crippen molar-refractivity contribution in [3.63, 3.8) is 0 Å². The lowest BCUT2D eigenvalue weighted by atomic mass is 9.78. The molecule has 1 aliphatic rings. The summed E-state index contributed by atoms with van der Waals surface area (Å²) in [6, 6.07) is 11.1. The van der Waals surface area contributed by atoms with Gasteiger partial charge in [-0.3, -0.25) is 0 Å². The smallest absolute Gasteiger partial charge is 0.0227 e. The highest BCUT2D eigenvalue weighted by Crippen LogP contribution is 2.74. The van der Waals surface area contributed by atoms with E-state index in [9.17, 15) is 0 Å². The zero-order chi connectivity index (χ0) is 18.2. The van der Waals surface area contributed by atoms with Gasteiger partial charge in [-0.1, -0.05) is 112 Å². The van der Waals surface area contributed by atoms with Crippen molar-refractivity contribution < 1.29 is 0 Å². The summed E-state index contributed by atoms with van der Waals surface area (Å²) in [5, 5.41) is 0.829. The molecule has 0 heterocycles. The van der Waals surface area contributed by atoms with Gasteiger partial charge in [-0.05, 0) is 33.8 Å². The Morgan fingerprint density at radius 1 is 0.917 bits per heavy atom. The molecule has 0 nitrogen and oxygen atoms in total. The van der Waals surface area contributed by atoms with E-state index < -0.39 is 0 Å². The van der Waals surface area contributed by atoms with Crippen molar-refractivity contribution in [1.82, 2.24) is 0 Å². The molecular formula is C23H35P. The molecule has 0 saturated carbocycles. The molecule has 0 aliphatic heterocycles. The normalized spacial score (nSPS) is 22.2. The molecule has 0 amide bonds. The minimum atomic E-state index is -0.267. The zero-order valence-electron chi connectivity index (χ0n) is 16.9. The highest BCUT2D eigenvalue weighted by atomic mass is 31.1. The van der Waals surface area contributed by atoms with Gasteiger partial charge in [-0.2, -0.15) is 0 Å². The van der Waals surface area contributed by atoms with Crippen molar-refractivity contribution in [2.75, 3.05) is 0 Å². The highest BCUT2D eigenvalue weighted by molar-refractivity contribution is 7.63. The van der Waals surface area contributed by atoms with Gasteiger partial charge in [0.1, 0.15) is 0 Å². The van der Waals surface area contributed by atoms with Crippen LogP contribution < -0.4 is 0 Å². The first-order valence-corrected chi connectivity index (χ1v) is 10.6. The summed E-state index contributed by atoms with van der Waals surface area (Å²) in [5.41, 5.74) is 2.95. The summed E-state index contributed by atoms with van der Waals surface area (Å²) in [5.74, 6) is 0.610. The molecule has 0 radical (unpaired) electrons. The Balaban J connectivity index is 2.74. The lowest BCUT2D eigenvalue weighted by Gasteiger charge is -2.57. The van der Waals surface area contributed by atoms with Gasteiger partial charge in [-0.25, -0.2) is 0 Å². The van der Waals surface area contributed by atoms with Crippen molar-refractivity contribution >= 4 is 13.5 Å². The zero-order valence-corrected chi connectivity index (χ0v) is 17.7. The van der Waals surface area contributed by atoms with Crippen LogP contribution in [-0.4, -0.2) is 15.5 Å². The Morgan fingerprint density at radius 3 is 1.92 bits per heavy atom. The van der Waals surface area contributed by atoms with Gasteiger partial charge in [0.25, 0.3) is 0 Å². The molecule has 1 aromatic rings. The highest BCUT2D eigenvalue weighted by Gasteiger charge is 2.53. The Labute approximate surface area is 151 Å². The third-order valence-electron chi connectivity index (χ3n) is 5.08. The second-order valence-corrected chi connectivity index (χ2v) is 13.5. The van der Waals surface area contributed by atoms with Crippen LogP contribution in [0.1, 0.15) is 67.4 Å². The van der Waals surface area contributed by atoms with E-state index >= 15 is 0 Å². The van der Waals surface area contributed by atoms with Crippen LogP contribution in [0.4, 0.5) is 0 Å². The number of hydrogen-bond acceptors (Lipinski definition) is 0. The van der Waals surface area contributed by atoms with Crippen molar-refractivity contribution in [1.29, 1.82) is 0 Å². The van der Waals surface area contributed by atoms with Gasteiger partial charge in [0.15, 0.2) is 0 Å². The van der Waals surface area contributed by atoms with E-state index in [-0.39, 0.29) is 13.1 Å². The summed E-state index contributed by atoms with van der Waals surface area (Å²) in [7, 11) is -0.267. The molecule has 2 rings (SSSR count). The monoisotopic (exact) mass is 342 g/mol. The van der Waals surface area contributed by atoms with Crippen LogP contribution in [0.5, 0.6) is 0 Å². The SMILES string of the molecule is CC(C)C1(P(C(C)(C)C)C(C)(C)C)CC=CC=C1c1ccccc1. The van der Waals surface area contributed by atoms with Crippen LogP contribution in [0.25, 0.3) is 5.57 Å². The second kappa shape index (κ2) is 6.80. The molecule has 1 aromatic carbocycles. The van der Waals surface area contributed by atoms with E-state index in [1.54, 1.807) is 5.57 Å². The first-order chi connectivity index (χ1) is 11.0. The molecule has 1 unspecified atom stereocenters. The fourth-order valence-corrected chi connectivity index (χ4v) is 10.5. The molecule has 1 atom stereocenters. The van der Waals surface area contributed by atoms with E-state index in [2.05, 4.69) is 104 Å². The van der Waals surface area contributed by atoms with Gasteiger partial charge < -0.3 is 0 Å². The van der Waals surface area contributed by atoms with Gasteiger partial charge in [0, 0.05) is 5.16 Å². The number of rotatable bonds is 3. The molecule has 0 aromatic heterocycles. The van der Waals surface area contributed by atoms with Gasteiger partial charge in [0.2, 0.25) is 0 Å². The third-order valence-corrected chi connectivity index (χ3v) is 9.50. The van der Waals surface area contributed by atoms with Crippen LogP contribution in [0.3, 0.4) is 0 Å². The fourth-order valence-electron chi connectivity index (χ4n) is 4.85. The van der Waals surface area contributed by atoms with Gasteiger partial charge in [-0.15, -0.1) is 0 Å². The van der Waals surface area contributed by atoms with Crippen LogP contribution in [0, 0.1) is 5.92 Å². The fraction of sp³-hybridized carbons (Fsp3) is 0.565. The Hall–Kier alpha value is -0.870. The standard InChI is InChI=1S/C23H35P/c1-18(2)23(24(21(3,4)5)22(6,7)8)17-13-12-16-20(23)19-14-10-9-11-15-19/h9-16,18H,17H2,1-8H3. The van der Waals surface area contributed by atoms with Crippen LogP contribution in [0.2, 0.25) is 0 Å². The maximum absolute atomic E-state index is 2.45.